The Morgan fingerprint density at radius 3 is 1.59 bits per heavy atom. The highest BCUT2D eigenvalue weighted by Crippen LogP contribution is 2.73. The first-order valence-electron chi connectivity index (χ1n) is 24.3. The number of hydrogen-bond donors (Lipinski definition) is 14. The third-order valence-electron chi connectivity index (χ3n) is 17.9. The molecule has 8 fully saturated rings. The van der Waals surface area contributed by atoms with Crippen LogP contribution >= 0.6 is 0 Å². The molecule has 14 N–H and O–H groups in total. The van der Waals surface area contributed by atoms with Gasteiger partial charge in [0.05, 0.1) is 38.4 Å². The van der Waals surface area contributed by atoms with Crippen LogP contribution < -0.4 is 0 Å². The van der Waals surface area contributed by atoms with Gasteiger partial charge in [0, 0.05) is 5.41 Å². The Hall–Kier alpha value is -1.63. The molecule has 0 aromatic carbocycles. The van der Waals surface area contributed by atoms with E-state index in [4.69, 9.17) is 37.9 Å². The fraction of sp³-hybridized carbons (Fsp3) is 0.935. The van der Waals surface area contributed by atoms with Crippen molar-refractivity contribution in [2.24, 2.45) is 33.5 Å². The summed E-state index contributed by atoms with van der Waals surface area (Å²) in [7, 11) is 0. The lowest BCUT2D eigenvalue weighted by molar-refractivity contribution is -0.393. The Balaban J connectivity index is 1.04. The number of aliphatic hydroxyl groups is 14. The van der Waals surface area contributed by atoms with E-state index in [9.17, 15) is 76.3 Å². The lowest BCUT2D eigenvalue weighted by atomic mass is 9.36. The van der Waals surface area contributed by atoms with Gasteiger partial charge in [0.2, 0.25) is 6.29 Å². The maximum absolute atomic E-state index is 14.3. The van der Waals surface area contributed by atoms with Crippen LogP contribution in [-0.2, 0) is 42.7 Å². The van der Waals surface area contributed by atoms with Crippen LogP contribution in [0.4, 0.5) is 0 Å². The summed E-state index contributed by atoms with van der Waals surface area (Å²) >= 11 is 0. The fourth-order valence-corrected chi connectivity index (χ4v) is 13.9. The van der Waals surface area contributed by atoms with E-state index in [-0.39, 0.29) is 29.3 Å². The number of aliphatic hydroxyl groups excluding tert-OH is 14. The quantitative estimate of drug-likeness (QED) is 0.0611. The average Bonchev–Trinajstić information content (AvgIpc) is 3.33. The van der Waals surface area contributed by atoms with E-state index < -0.39 is 166 Å². The molecule has 4 saturated carbocycles. The van der Waals surface area contributed by atoms with Crippen molar-refractivity contribution >= 4 is 5.97 Å². The average molecular weight is 995 g/mol. The number of fused-ring (bicyclic) bond motifs is 3. The molecule has 0 aromatic heterocycles. The molecule has 396 valence electrons. The summed E-state index contributed by atoms with van der Waals surface area (Å²) in [6, 6.07) is 0. The van der Waals surface area contributed by atoms with E-state index in [2.05, 4.69) is 13.5 Å². The Morgan fingerprint density at radius 2 is 1.04 bits per heavy atom. The van der Waals surface area contributed by atoms with Gasteiger partial charge in [-0.15, -0.1) is 0 Å². The molecule has 4 aliphatic heterocycles. The van der Waals surface area contributed by atoms with E-state index in [0.717, 1.165) is 24.8 Å². The summed E-state index contributed by atoms with van der Waals surface area (Å²) in [6.07, 6.45) is -26.9. The van der Waals surface area contributed by atoms with Gasteiger partial charge in [-0.25, -0.2) is 0 Å². The molecule has 0 radical (unpaired) electrons. The topological polar surface area (TPSA) is 374 Å². The van der Waals surface area contributed by atoms with Crippen molar-refractivity contribution in [3.05, 3.63) is 12.2 Å². The second-order valence-corrected chi connectivity index (χ2v) is 21.6. The number of esters is 1. The molecule has 4 saturated heterocycles. The molecule has 0 aromatic rings. The predicted molar refractivity (Wildman–Crippen MR) is 228 cm³/mol. The predicted octanol–water partition coefficient (Wildman–Crippen LogP) is -4.48. The van der Waals surface area contributed by atoms with E-state index >= 15 is 0 Å². The molecule has 4 heterocycles. The smallest absolute Gasteiger partial charge is 0.314 e. The highest BCUT2D eigenvalue weighted by molar-refractivity contribution is 5.77. The molecule has 0 amide bonds. The first kappa shape index (κ1) is 53.7. The molecule has 1 spiro atoms. The van der Waals surface area contributed by atoms with Crippen molar-refractivity contribution < 1.29 is 114 Å². The van der Waals surface area contributed by atoms with Crippen LogP contribution in [0, 0.1) is 33.5 Å². The zero-order valence-electron chi connectivity index (χ0n) is 39.0. The van der Waals surface area contributed by atoms with E-state index in [1.807, 2.05) is 6.92 Å². The fourth-order valence-electron chi connectivity index (χ4n) is 13.9. The number of hydrogen-bond acceptors (Lipinski definition) is 23. The summed E-state index contributed by atoms with van der Waals surface area (Å²) in [5, 5.41) is 147. The van der Waals surface area contributed by atoms with Crippen LogP contribution in [0.5, 0.6) is 0 Å². The van der Waals surface area contributed by atoms with Crippen LogP contribution in [-0.4, -0.2) is 233 Å². The Kier molecular flexibility index (Phi) is 16.0. The van der Waals surface area contributed by atoms with Gasteiger partial charge in [0.1, 0.15) is 97.7 Å². The van der Waals surface area contributed by atoms with Gasteiger partial charge in [-0.05, 0) is 87.4 Å². The van der Waals surface area contributed by atoms with Gasteiger partial charge in [0.15, 0.2) is 18.9 Å². The minimum atomic E-state index is -1.94. The standard InChI is InChI=1S/C46H74O23/c1-19-5-10-45-11-6-24-43(2,8-4-9-44(24,3)42(61)69-40-35(60)32(57)28(53)22(15-49)65-40)25(45)7-12-46(19,17-45)18-62-41-37(68-39-34(59)31(56)27(52)21(14-48)64-39)36(29(54)23(16-50)66-41)67-38-33(58)30(55)26(51)20(13-47)63-38/h20-41,47-60H,1,4-18H2,2-3H3/t20?,21?,22?,23?,24?,25-,26?,27?,28?,29?,30?,31?,32?,33?,34?,35?,36?,37?,38?,39?,40?,41?,43+,44+,45-,46?/m0/s1. The number of carbonyl (C=O) groups is 1. The number of ether oxygens (including phenoxy) is 8. The minimum absolute atomic E-state index is 0.0379. The molecular weight excluding hydrogens is 920 g/mol. The van der Waals surface area contributed by atoms with Crippen LogP contribution in [0.1, 0.15) is 78.1 Å². The largest absolute Gasteiger partial charge is 0.432 e. The molecule has 23 heteroatoms. The molecule has 8 aliphatic rings. The van der Waals surface area contributed by atoms with Gasteiger partial charge in [0.25, 0.3) is 0 Å². The van der Waals surface area contributed by atoms with Crippen LogP contribution in [0.2, 0.25) is 0 Å². The van der Waals surface area contributed by atoms with Crippen LogP contribution in [0.3, 0.4) is 0 Å². The maximum Gasteiger partial charge on any atom is 0.314 e. The molecule has 2 bridgehead atoms. The lowest BCUT2D eigenvalue weighted by Gasteiger charge is -2.68. The maximum atomic E-state index is 14.3. The molecule has 22 unspecified atom stereocenters. The van der Waals surface area contributed by atoms with Gasteiger partial charge in [-0.3, -0.25) is 4.79 Å². The summed E-state index contributed by atoms with van der Waals surface area (Å²) in [6.45, 7) is 5.53. The van der Waals surface area contributed by atoms with Crippen molar-refractivity contribution in [1.82, 2.24) is 0 Å². The Morgan fingerprint density at radius 1 is 0.565 bits per heavy atom. The summed E-state index contributed by atoms with van der Waals surface area (Å²) < 4.78 is 47.8. The molecule has 8 rings (SSSR count). The van der Waals surface area contributed by atoms with Crippen molar-refractivity contribution in [1.29, 1.82) is 0 Å². The van der Waals surface area contributed by atoms with Crippen molar-refractivity contribution in [3.8, 4) is 0 Å². The number of rotatable bonds is 13. The van der Waals surface area contributed by atoms with Crippen molar-refractivity contribution in [2.45, 2.75) is 201 Å². The monoisotopic (exact) mass is 994 g/mol. The van der Waals surface area contributed by atoms with Crippen LogP contribution in [0.25, 0.3) is 0 Å². The van der Waals surface area contributed by atoms with Crippen molar-refractivity contribution in [3.63, 3.8) is 0 Å². The summed E-state index contributed by atoms with van der Waals surface area (Å²) in [5.74, 6) is -0.593. The summed E-state index contributed by atoms with van der Waals surface area (Å²) in [5.41, 5.74) is -1.31. The zero-order chi connectivity index (χ0) is 50.1. The normalized spacial score (nSPS) is 53.5. The first-order valence-corrected chi connectivity index (χ1v) is 24.3. The van der Waals surface area contributed by atoms with E-state index in [1.54, 1.807) is 0 Å². The van der Waals surface area contributed by atoms with Gasteiger partial charge in [-0.2, -0.15) is 0 Å². The van der Waals surface area contributed by atoms with Crippen molar-refractivity contribution in [2.75, 3.05) is 33.0 Å². The molecule has 69 heavy (non-hydrogen) atoms. The Bertz CT molecular complexity index is 1790. The first-order chi connectivity index (χ1) is 32.6. The second-order valence-electron chi connectivity index (χ2n) is 21.6. The molecule has 26 atom stereocenters. The van der Waals surface area contributed by atoms with Crippen LogP contribution in [0.15, 0.2) is 12.2 Å². The second kappa shape index (κ2) is 20.6. The van der Waals surface area contributed by atoms with Gasteiger partial charge < -0.3 is 109 Å². The number of carbonyl (C=O) groups excluding carboxylic acids is 1. The van der Waals surface area contributed by atoms with Gasteiger partial charge >= 0.3 is 5.97 Å². The highest BCUT2D eigenvalue weighted by Gasteiger charge is 2.67. The minimum Gasteiger partial charge on any atom is -0.432 e. The molecule has 23 nitrogen and oxygen atoms in total. The van der Waals surface area contributed by atoms with Gasteiger partial charge in [-0.1, -0.05) is 25.5 Å². The third kappa shape index (κ3) is 9.26. The third-order valence-corrected chi connectivity index (χ3v) is 17.9. The van der Waals surface area contributed by atoms with E-state index in [0.29, 0.717) is 44.9 Å². The Labute approximate surface area is 399 Å². The van der Waals surface area contributed by atoms with E-state index in [1.165, 1.54) is 0 Å². The summed E-state index contributed by atoms with van der Waals surface area (Å²) in [4.78, 5) is 14.3. The zero-order valence-corrected chi connectivity index (χ0v) is 39.0. The highest BCUT2D eigenvalue weighted by atomic mass is 16.8. The lowest BCUT2D eigenvalue weighted by Crippen LogP contribution is -2.67. The molecule has 4 aliphatic carbocycles. The SMILES string of the molecule is C=C1CC[C@@]23CCC4[C@](C)(C(=O)OC5OC(CO)C(O)C(O)C5O)CCC[C@@]4(C)[C@@H]2CCC1(COC1OC(CO)C(O)C(OC2OC(CO)C(O)C(O)C2O)C1OC1OC(CO)C(O)C(O)C1O)C3. The molecular formula is C46H74O23.